The lowest BCUT2D eigenvalue weighted by atomic mass is 10.2. The van der Waals surface area contributed by atoms with Crippen molar-refractivity contribution in [2.75, 3.05) is 32.8 Å². The Hall–Kier alpha value is -0.610. The van der Waals surface area contributed by atoms with Crippen molar-refractivity contribution in [3.63, 3.8) is 0 Å². The Morgan fingerprint density at radius 1 is 1.47 bits per heavy atom. The Labute approximate surface area is 92.0 Å². The van der Waals surface area contributed by atoms with Gasteiger partial charge in [0.1, 0.15) is 0 Å². The first-order valence-electron chi connectivity index (χ1n) is 5.88. The molecule has 0 aromatic heterocycles. The van der Waals surface area contributed by atoms with Gasteiger partial charge in [0.15, 0.2) is 0 Å². The molecular weight excluding hydrogens is 192 g/mol. The molecule has 0 aliphatic carbocycles. The van der Waals surface area contributed by atoms with Gasteiger partial charge < -0.3 is 15.0 Å². The molecular formula is C11H22N2O2. The SMILES string of the molecule is CCN(CC)C(=O)CNCC1CCCO1. The van der Waals surface area contributed by atoms with E-state index in [4.69, 9.17) is 4.74 Å². The van der Waals surface area contributed by atoms with E-state index in [-0.39, 0.29) is 5.91 Å². The molecule has 1 amide bonds. The molecule has 0 radical (unpaired) electrons. The van der Waals surface area contributed by atoms with E-state index in [1.54, 1.807) is 0 Å². The van der Waals surface area contributed by atoms with Crippen molar-refractivity contribution in [2.24, 2.45) is 0 Å². The van der Waals surface area contributed by atoms with Crippen molar-refractivity contribution >= 4 is 5.91 Å². The summed E-state index contributed by atoms with van der Waals surface area (Å²) in [6.45, 7) is 7.68. The van der Waals surface area contributed by atoms with Gasteiger partial charge in [-0.15, -0.1) is 0 Å². The Morgan fingerprint density at radius 3 is 2.73 bits per heavy atom. The van der Waals surface area contributed by atoms with Crippen molar-refractivity contribution in [2.45, 2.75) is 32.8 Å². The lowest BCUT2D eigenvalue weighted by molar-refractivity contribution is -0.129. The summed E-state index contributed by atoms with van der Waals surface area (Å²) in [7, 11) is 0. The van der Waals surface area contributed by atoms with Crippen LogP contribution in [-0.4, -0.2) is 49.7 Å². The lowest BCUT2D eigenvalue weighted by Crippen LogP contribution is -2.40. The Balaban J connectivity index is 2.10. The van der Waals surface area contributed by atoms with Crippen molar-refractivity contribution in [3.8, 4) is 0 Å². The van der Waals surface area contributed by atoms with Gasteiger partial charge in [-0.1, -0.05) is 0 Å². The maximum atomic E-state index is 11.6. The average Bonchev–Trinajstić information content (AvgIpc) is 2.72. The van der Waals surface area contributed by atoms with E-state index >= 15 is 0 Å². The molecule has 1 aliphatic heterocycles. The van der Waals surface area contributed by atoms with Gasteiger partial charge in [0.05, 0.1) is 12.6 Å². The smallest absolute Gasteiger partial charge is 0.236 e. The minimum atomic E-state index is 0.179. The minimum Gasteiger partial charge on any atom is -0.377 e. The summed E-state index contributed by atoms with van der Waals surface area (Å²) >= 11 is 0. The molecule has 4 nitrogen and oxygen atoms in total. The third kappa shape index (κ3) is 4.18. The van der Waals surface area contributed by atoms with Crippen LogP contribution < -0.4 is 5.32 Å². The van der Waals surface area contributed by atoms with Crippen LogP contribution in [0.25, 0.3) is 0 Å². The van der Waals surface area contributed by atoms with Gasteiger partial charge in [-0.3, -0.25) is 4.79 Å². The standard InChI is InChI=1S/C11H22N2O2/c1-3-13(4-2)11(14)9-12-8-10-6-5-7-15-10/h10,12H,3-9H2,1-2H3. The molecule has 0 bridgehead atoms. The predicted octanol–water partition coefficient (Wildman–Crippen LogP) is 0.623. The first kappa shape index (κ1) is 12.5. The van der Waals surface area contributed by atoms with Crippen LogP contribution in [0.15, 0.2) is 0 Å². The number of amides is 1. The third-order valence-corrected chi connectivity index (χ3v) is 2.79. The number of hydrogen-bond donors (Lipinski definition) is 1. The van der Waals surface area contributed by atoms with Crippen LogP contribution in [0.3, 0.4) is 0 Å². The molecule has 1 heterocycles. The van der Waals surface area contributed by atoms with E-state index in [1.807, 2.05) is 18.7 Å². The molecule has 1 fully saturated rings. The highest BCUT2D eigenvalue weighted by Gasteiger charge is 2.15. The fourth-order valence-electron chi connectivity index (χ4n) is 1.83. The zero-order chi connectivity index (χ0) is 11.1. The topological polar surface area (TPSA) is 41.6 Å². The lowest BCUT2D eigenvalue weighted by Gasteiger charge is -2.19. The number of carbonyl (C=O) groups is 1. The second-order valence-corrected chi connectivity index (χ2v) is 3.83. The quantitative estimate of drug-likeness (QED) is 0.705. The molecule has 15 heavy (non-hydrogen) atoms. The van der Waals surface area contributed by atoms with Gasteiger partial charge in [-0.25, -0.2) is 0 Å². The second-order valence-electron chi connectivity index (χ2n) is 3.83. The molecule has 0 aromatic carbocycles. The second kappa shape index (κ2) is 6.80. The van der Waals surface area contributed by atoms with Crippen LogP contribution in [0.2, 0.25) is 0 Å². The summed E-state index contributed by atoms with van der Waals surface area (Å²) in [5, 5.41) is 3.16. The van der Waals surface area contributed by atoms with Gasteiger partial charge in [-0.05, 0) is 26.7 Å². The monoisotopic (exact) mass is 214 g/mol. The number of ether oxygens (including phenoxy) is 1. The van der Waals surface area contributed by atoms with Gasteiger partial charge in [-0.2, -0.15) is 0 Å². The van der Waals surface area contributed by atoms with E-state index in [0.29, 0.717) is 12.6 Å². The molecule has 0 spiro atoms. The number of nitrogens with one attached hydrogen (secondary N) is 1. The maximum absolute atomic E-state index is 11.6. The summed E-state index contributed by atoms with van der Waals surface area (Å²) in [6.07, 6.45) is 2.58. The molecule has 0 aromatic rings. The van der Waals surface area contributed by atoms with Crippen molar-refractivity contribution in [3.05, 3.63) is 0 Å². The maximum Gasteiger partial charge on any atom is 0.236 e. The molecule has 88 valence electrons. The number of hydrogen-bond acceptors (Lipinski definition) is 3. The van der Waals surface area contributed by atoms with Crippen molar-refractivity contribution in [1.29, 1.82) is 0 Å². The molecule has 1 atom stereocenters. The van der Waals surface area contributed by atoms with E-state index in [1.165, 1.54) is 0 Å². The van der Waals surface area contributed by atoms with Crippen LogP contribution in [0.4, 0.5) is 0 Å². The first-order chi connectivity index (χ1) is 7.27. The number of likely N-dealkylation sites (N-methyl/N-ethyl adjacent to an activating group) is 1. The first-order valence-corrected chi connectivity index (χ1v) is 5.88. The van der Waals surface area contributed by atoms with Gasteiger partial charge in [0.25, 0.3) is 0 Å². The number of rotatable bonds is 6. The van der Waals surface area contributed by atoms with Crippen LogP contribution in [0.1, 0.15) is 26.7 Å². The summed E-state index contributed by atoms with van der Waals surface area (Å²) < 4.78 is 5.46. The van der Waals surface area contributed by atoms with Crippen LogP contribution in [0.5, 0.6) is 0 Å². The highest BCUT2D eigenvalue weighted by Crippen LogP contribution is 2.10. The largest absolute Gasteiger partial charge is 0.377 e. The normalized spacial score (nSPS) is 20.5. The summed E-state index contributed by atoms with van der Waals surface area (Å²) in [4.78, 5) is 13.4. The van der Waals surface area contributed by atoms with Gasteiger partial charge in [0, 0.05) is 26.2 Å². The zero-order valence-corrected chi connectivity index (χ0v) is 9.79. The molecule has 1 rings (SSSR count). The van der Waals surface area contributed by atoms with Crippen LogP contribution >= 0.6 is 0 Å². The fourth-order valence-corrected chi connectivity index (χ4v) is 1.83. The molecule has 1 saturated heterocycles. The van der Waals surface area contributed by atoms with Crippen LogP contribution in [0, 0.1) is 0 Å². The number of nitrogens with zero attached hydrogens (tertiary/aromatic N) is 1. The predicted molar refractivity (Wildman–Crippen MR) is 59.8 cm³/mol. The zero-order valence-electron chi connectivity index (χ0n) is 9.79. The molecule has 1 unspecified atom stereocenters. The molecule has 1 N–H and O–H groups in total. The Bertz CT molecular complexity index is 187. The van der Waals surface area contributed by atoms with Crippen LogP contribution in [-0.2, 0) is 9.53 Å². The van der Waals surface area contributed by atoms with Crippen molar-refractivity contribution < 1.29 is 9.53 Å². The van der Waals surface area contributed by atoms with E-state index in [2.05, 4.69) is 5.32 Å². The molecule has 4 heteroatoms. The molecule has 0 saturated carbocycles. The molecule has 1 aliphatic rings. The van der Waals surface area contributed by atoms with E-state index in [0.717, 1.165) is 39.1 Å². The third-order valence-electron chi connectivity index (χ3n) is 2.79. The summed E-state index contributed by atoms with van der Waals surface area (Å²) in [5.41, 5.74) is 0. The van der Waals surface area contributed by atoms with Gasteiger partial charge in [0.2, 0.25) is 5.91 Å². The highest BCUT2D eigenvalue weighted by molar-refractivity contribution is 5.78. The summed E-state index contributed by atoms with van der Waals surface area (Å²) in [5.74, 6) is 0.179. The Kier molecular flexibility index (Phi) is 5.65. The fraction of sp³-hybridized carbons (Fsp3) is 0.909. The van der Waals surface area contributed by atoms with Crippen molar-refractivity contribution in [1.82, 2.24) is 10.2 Å². The highest BCUT2D eigenvalue weighted by atomic mass is 16.5. The summed E-state index contributed by atoms with van der Waals surface area (Å²) in [6, 6.07) is 0. The average molecular weight is 214 g/mol. The minimum absolute atomic E-state index is 0.179. The number of carbonyl (C=O) groups excluding carboxylic acids is 1. The Morgan fingerprint density at radius 2 is 2.20 bits per heavy atom. The van der Waals surface area contributed by atoms with E-state index in [9.17, 15) is 4.79 Å². The van der Waals surface area contributed by atoms with E-state index < -0.39 is 0 Å². The van der Waals surface area contributed by atoms with Gasteiger partial charge >= 0.3 is 0 Å².